The molecule has 1 unspecified atom stereocenters. The molecule has 1 amide bonds. The average molecular weight is 289 g/mol. The van der Waals surface area contributed by atoms with E-state index in [9.17, 15) is 14.0 Å². The number of H-pyrrole nitrogens is 1. The summed E-state index contributed by atoms with van der Waals surface area (Å²) in [6.07, 6.45) is 0.887. The summed E-state index contributed by atoms with van der Waals surface area (Å²) in [7, 11) is 1.73. The standard InChI is InChI=1S/C15H16FN3O2/c1-19(10-4-5-17-8-10)15(21)12-7-14(20)18-13-6-9(16)2-3-11(12)13/h2-3,6-7,10,17H,4-5,8H2,1H3,(H,18,20). The largest absolute Gasteiger partial charge is 0.337 e. The van der Waals surface area contributed by atoms with E-state index in [4.69, 9.17) is 0 Å². The molecule has 110 valence electrons. The van der Waals surface area contributed by atoms with Gasteiger partial charge in [-0.2, -0.15) is 0 Å². The summed E-state index contributed by atoms with van der Waals surface area (Å²) in [5, 5.41) is 3.76. The fourth-order valence-electron chi connectivity index (χ4n) is 2.74. The summed E-state index contributed by atoms with van der Waals surface area (Å²) in [4.78, 5) is 28.5. The van der Waals surface area contributed by atoms with Crippen LogP contribution in [0.4, 0.5) is 4.39 Å². The van der Waals surface area contributed by atoms with Crippen LogP contribution in [0.2, 0.25) is 0 Å². The van der Waals surface area contributed by atoms with Crippen molar-refractivity contribution < 1.29 is 9.18 Å². The fourth-order valence-corrected chi connectivity index (χ4v) is 2.74. The molecule has 0 saturated carbocycles. The van der Waals surface area contributed by atoms with Gasteiger partial charge in [0.2, 0.25) is 5.56 Å². The number of fused-ring (bicyclic) bond motifs is 1. The summed E-state index contributed by atoms with van der Waals surface area (Å²) in [6.45, 7) is 1.63. The molecular formula is C15H16FN3O2. The van der Waals surface area contributed by atoms with Crippen LogP contribution in [0.3, 0.4) is 0 Å². The summed E-state index contributed by atoms with van der Waals surface area (Å²) >= 11 is 0. The highest BCUT2D eigenvalue weighted by atomic mass is 19.1. The summed E-state index contributed by atoms with van der Waals surface area (Å²) in [5.74, 6) is -0.664. The Morgan fingerprint density at radius 3 is 2.90 bits per heavy atom. The molecule has 1 aliphatic rings. The normalized spacial score (nSPS) is 18.1. The van der Waals surface area contributed by atoms with Crippen LogP contribution in [0.5, 0.6) is 0 Å². The number of benzene rings is 1. The third kappa shape index (κ3) is 2.54. The SMILES string of the molecule is CN(C(=O)c1cc(=O)[nH]c2cc(F)ccc12)C1CCNC1. The minimum absolute atomic E-state index is 0.118. The summed E-state index contributed by atoms with van der Waals surface area (Å²) < 4.78 is 13.3. The zero-order chi connectivity index (χ0) is 15.0. The van der Waals surface area contributed by atoms with Crippen molar-refractivity contribution in [1.82, 2.24) is 15.2 Å². The lowest BCUT2D eigenvalue weighted by molar-refractivity contribution is 0.0745. The summed E-state index contributed by atoms with van der Waals surface area (Å²) in [6, 6.07) is 5.43. The molecule has 1 aromatic heterocycles. The van der Waals surface area contributed by atoms with Gasteiger partial charge in [0, 0.05) is 31.1 Å². The minimum atomic E-state index is -0.448. The predicted octanol–water partition coefficient (Wildman–Crippen LogP) is 1.10. The summed E-state index contributed by atoms with van der Waals surface area (Å²) in [5.41, 5.74) is 0.237. The zero-order valence-electron chi connectivity index (χ0n) is 11.6. The number of carbonyl (C=O) groups is 1. The number of nitrogens with zero attached hydrogens (tertiary/aromatic N) is 1. The Labute approximate surface area is 120 Å². The van der Waals surface area contributed by atoms with Gasteiger partial charge < -0.3 is 15.2 Å². The van der Waals surface area contributed by atoms with Gasteiger partial charge in [0.15, 0.2) is 0 Å². The van der Waals surface area contributed by atoms with Crippen molar-refractivity contribution in [3.8, 4) is 0 Å². The second-order valence-electron chi connectivity index (χ2n) is 5.30. The minimum Gasteiger partial charge on any atom is -0.337 e. The predicted molar refractivity (Wildman–Crippen MR) is 77.9 cm³/mol. The van der Waals surface area contributed by atoms with Crippen molar-refractivity contribution in [1.29, 1.82) is 0 Å². The highest BCUT2D eigenvalue weighted by Crippen LogP contribution is 2.19. The molecule has 1 fully saturated rings. The number of pyridine rings is 1. The van der Waals surface area contributed by atoms with Gasteiger partial charge in [-0.25, -0.2) is 4.39 Å². The Bertz CT molecular complexity index is 750. The molecule has 2 aromatic rings. The smallest absolute Gasteiger partial charge is 0.254 e. The Morgan fingerprint density at radius 1 is 1.38 bits per heavy atom. The molecule has 1 aliphatic heterocycles. The Balaban J connectivity index is 2.06. The van der Waals surface area contributed by atoms with Crippen LogP contribution in [-0.2, 0) is 0 Å². The average Bonchev–Trinajstić information content (AvgIpc) is 2.98. The lowest BCUT2D eigenvalue weighted by atomic mass is 10.1. The van der Waals surface area contributed by atoms with Crippen molar-refractivity contribution in [3.63, 3.8) is 0 Å². The molecule has 1 saturated heterocycles. The number of halogens is 1. The number of carbonyl (C=O) groups excluding carboxylic acids is 1. The van der Waals surface area contributed by atoms with E-state index in [1.165, 1.54) is 24.3 Å². The van der Waals surface area contributed by atoms with E-state index in [2.05, 4.69) is 10.3 Å². The topological polar surface area (TPSA) is 65.2 Å². The van der Waals surface area contributed by atoms with Crippen LogP contribution in [0.25, 0.3) is 10.9 Å². The van der Waals surface area contributed by atoms with Crippen molar-refractivity contribution in [2.75, 3.05) is 20.1 Å². The molecule has 0 spiro atoms. The van der Waals surface area contributed by atoms with E-state index in [1.807, 2.05) is 0 Å². The number of aromatic nitrogens is 1. The molecule has 6 heteroatoms. The number of aromatic amines is 1. The fraction of sp³-hybridized carbons (Fsp3) is 0.333. The van der Waals surface area contributed by atoms with Crippen LogP contribution in [0.1, 0.15) is 16.8 Å². The second kappa shape index (κ2) is 5.29. The highest BCUT2D eigenvalue weighted by molar-refractivity contribution is 6.06. The molecule has 3 rings (SSSR count). The van der Waals surface area contributed by atoms with E-state index in [-0.39, 0.29) is 11.9 Å². The number of hydrogen-bond donors (Lipinski definition) is 2. The molecule has 21 heavy (non-hydrogen) atoms. The van der Waals surface area contributed by atoms with Crippen LogP contribution in [0, 0.1) is 5.82 Å². The number of likely N-dealkylation sites (N-methyl/N-ethyl adjacent to an activating group) is 1. The molecule has 2 N–H and O–H groups in total. The zero-order valence-corrected chi connectivity index (χ0v) is 11.6. The quantitative estimate of drug-likeness (QED) is 0.870. The van der Waals surface area contributed by atoms with Crippen molar-refractivity contribution in [3.05, 3.63) is 46.0 Å². The molecule has 2 heterocycles. The molecule has 0 bridgehead atoms. The van der Waals surface area contributed by atoms with Crippen LogP contribution >= 0.6 is 0 Å². The number of amides is 1. The first-order chi connectivity index (χ1) is 10.1. The molecule has 0 radical (unpaired) electrons. The molecule has 1 atom stereocenters. The van der Waals surface area contributed by atoms with Gasteiger partial charge in [-0.3, -0.25) is 9.59 Å². The van der Waals surface area contributed by atoms with Gasteiger partial charge in [0.1, 0.15) is 5.82 Å². The van der Waals surface area contributed by atoms with Gasteiger partial charge in [-0.1, -0.05) is 0 Å². The van der Waals surface area contributed by atoms with E-state index in [0.717, 1.165) is 19.5 Å². The maximum Gasteiger partial charge on any atom is 0.254 e. The first kappa shape index (κ1) is 13.8. The van der Waals surface area contributed by atoms with E-state index >= 15 is 0 Å². The van der Waals surface area contributed by atoms with Crippen LogP contribution in [0.15, 0.2) is 29.1 Å². The number of nitrogens with one attached hydrogen (secondary N) is 2. The van der Waals surface area contributed by atoms with Crippen molar-refractivity contribution >= 4 is 16.8 Å². The number of rotatable bonds is 2. The van der Waals surface area contributed by atoms with Gasteiger partial charge >= 0.3 is 0 Å². The first-order valence-electron chi connectivity index (χ1n) is 6.87. The highest BCUT2D eigenvalue weighted by Gasteiger charge is 2.25. The first-order valence-corrected chi connectivity index (χ1v) is 6.87. The van der Waals surface area contributed by atoms with E-state index in [0.29, 0.717) is 16.5 Å². The third-order valence-electron chi connectivity index (χ3n) is 3.94. The Kier molecular flexibility index (Phi) is 3.47. The Hall–Kier alpha value is -2.21. The lowest BCUT2D eigenvalue weighted by Crippen LogP contribution is -2.38. The molecule has 0 aliphatic carbocycles. The monoisotopic (exact) mass is 289 g/mol. The van der Waals surface area contributed by atoms with Gasteiger partial charge in [0.05, 0.1) is 11.1 Å². The van der Waals surface area contributed by atoms with Gasteiger partial charge in [-0.15, -0.1) is 0 Å². The van der Waals surface area contributed by atoms with Gasteiger partial charge in [0.25, 0.3) is 5.91 Å². The van der Waals surface area contributed by atoms with Gasteiger partial charge in [-0.05, 0) is 31.2 Å². The molecule has 1 aromatic carbocycles. The van der Waals surface area contributed by atoms with Crippen molar-refractivity contribution in [2.24, 2.45) is 0 Å². The second-order valence-corrected chi connectivity index (χ2v) is 5.30. The molecule has 5 nitrogen and oxygen atoms in total. The van der Waals surface area contributed by atoms with E-state index in [1.54, 1.807) is 11.9 Å². The van der Waals surface area contributed by atoms with Crippen molar-refractivity contribution in [2.45, 2.75) is 12.5 Å². The number of hydrogen-bond acceptors (Lipinski definition) is 3. The Morgan fingerprint density at radius 2 is 2.19 bits per heavy atom. The third-order valence-corrected chi connectivity index (χ3v) is 3.94. The lowest BCUT2D eigenvalue weighted by Gasteiger charge is -2.24. The van der Waals surface area contributed by atoms with Crippen LogP contribution < -0.4 is 10.9 Å². The van der Waals surface area contributed by atoms with Crippen LogP contribution in [-0.4, -0.2) is 42.0 Å². The maximum absolute atomic E-state index is 13.3. The molecular weight excluding hydrogens is 273 g/mol. The van der Waals surface area contributed by atoms with E-state index < -0.39 is 11.4 Å². The maximum atomic E-state index is 13.3.